The van der Waals surface area contributed by atoms with Crippen LogP contribution in [0.5, 0.6) is 0 Å². The number of aliphatic hydroxyl groups is 1. The summed E-state index contributed by atoms with van der Waals surface area (Å²) in [6.07, 6.45) is 79.8. The van der Waals surface area contributed by atoms with Gasteiger partial charge in [-0.15, -0.1) is 0 Å². The average Bonchev–Trinajstić information content (AvgIpc) is 0.919. The van der Waals surface area contributed by atoms with Gasteiger partial charge in [0, 0.05) is 19.3 Å². The topological polar surface area (TPSA) is 237 Å². The molecule has 0 saturated carbocycles. The number of phosphoric ester groups is 2. The van der Waals surface area contributed by atoms with E-state index < -0.39 is 97.5 Å². The van der Waals surface area contributed by atoms with Crippen molar-refractivity contribution in [2.24, 2.45) is 0 Å². The number of hydrogen-bond acceptors (Lipinski definition) is 15. The maximum Gasteiger partial charge on any atom is 0.472 e. The molecule has 5 atom stereocenters. The minimum absolute atomic E-state index is 0.0681. The predicted octanol–water partition coefficient (Wildman–Crippen LogP) is 23.6. The van der Waals surface area contributed by atoms with Crippen LogP contribution in [0.15, 0.2) is 97.2 Å². The second-order valence-electron chi connectivity index (χ2n) is 27.0. The highest BCUT2D eigenvalue weighted by Crippen LogP contribution is 2.45. The van der Waals surface area contributed by atoms with Crippen molar-refractivity contribution in [1.29, 1.82) is 0 Å². The smallest absolute Gasteiger partial charge is 0.462 e. The first kappa shape index (κ1) is 98.0. The molecule has 0 amide bonds. The molecule has 0 rings (SSSR count). The van der Waals surface area contributed by atoms with Crippen molar-refractivity contribution in [3.05, 3.63) is 97.2 Å². The van der Waals surface area contributed by atoms with Crippen LogP contribution in [0.1, 0.15) is 349 Å². The van der Waals surface area contributed by atoms with Crippen LogP contribution in [0, 0.1) is 0 Å². The van der Waals surface area contributed by atoms with Gasteiger partial charge < -0.3 is 33.8 Å². The fourth-order valence-electron chi connectivity index (χ4n) is 10.9. The molecule has 17 nitrogen and oxygen atoms in total. The van der Waals surface area contributed by atoms with E-state index in [4.69, 9.17) is 37.0 Å². The highest BCUT2D eigenvalue weighted by atomic mass is 31.2. The average molecular weight is 1480 g/mol. The van der Waals surface area contributed by atoms with Crippen LogP contribution >= 0.6 is 15.6 Å². The number of rotatable bonds is 76. The van der Waals surface area contributed by atoms with E-state index in [2.05, 4.69) is 101 Å². The van der Waals surface area contributed by atoms with E-state index in [1.807, 2.05) is 18.2 Å². The van der Waals surface area contributed by atoms with E-state index in [0.717, 1.165) is 135 Å². The van der Waals surface area contributed by atoms with Gasteiger partial charge in [0.25, 0.3) is 0 Å². The van der Waals surface area contributed by atoms with E-state index in [1.165, 1.54) is 135 Å². The third kappa shape index (κ3) is 74.3. The minimum atomic E-state index is -4.99. The van der Waals surface area contributed by atoms with Crippen LogP contribution in [0.2, 0.25) is 0 Å². The predicted molar refractivity (Wildman–Crippen MR) is 418 cm³/mol. The summed E-state index contributed by atoms with van der Waals surface area (Å²) in [5, 5.41) is 10.6. The summed E-state index contributed by atoms with van der Waals surface area (Å²) in [6, 6.07) is 0. The zero-order valence-corrected chi connectivity index (χ0v) is 66.3. The zero-order valence-electron chi connectivity index (χ0n) is 64.5. The molecular weight excluding hydrogens is 1330 g/mol. The summed E-state index contributed by atoms with van der Waals surface area (Å²) >= 11 is 0. The number of carbonyl (C=O) groups is 4. The Bertz CT molecular complexity index is 2310. The molecule has 0 radical (unpaired) electrons. The number of unbranched alkanes of at least 4 members (excludes halogenated alkanes) is 35. The van der Waals surface area contributed by atoms with Crippen LogP contribution in [-0.4, -0.2) is 96.7 Å². The molecule has 0 saturated heterocycles. The summed E-state index contributed by atoms with van der Waals surface area (Å²) in [5.74, 6) is -2.31. The molecule has 102 heavy (non-hydrogen) atoms. The number of ether oxygens (including phenoxy) is 4. The zero-order chi connectivity index (χ0) is 74.6. The molecule has 0 spiro atoms. The highest BCUT2D eigenvalue weighted by Gasteiger charge is 2.30. The van der Waals surface area contributed by atoms with Gasteiger partial charge in [0.2, 0.25) is 0 Å². The molecule has 0 aromatic carbocycles. The van der Waals surface area contributed by atoms with E-state index in [1.54, 1.807) is 6.08 Å². The van der Waals surface area contributed by atoms with Gasteiger partial charge in [-0.2, -0.15) is 0 Å². The Morgan fingerprint density at radius 2 is 0.549 bits per heavy atom. The maximum absolute atomic E-state index is 13.1. The van der Waals surface area contributed by atoms with Crippen molar-refractivity contribution >= 4 is 39.5 Å². The molecule has 0 fully saturated rings. The molecule has 0 aromatic heterocycles. The molecule has 5 unspecified atom stereocenters. The van der Waals surface area contributed by atoms with Crippen molar-refractivity contribution in [2.45, 2.75) is 367 Å². The van der Waals surface area contributed by atoms with Gasteiger partial charge in [0.15, 0.2) is 12.2 Å². The van der Waals surface area contributed by atoms with Gasteiger partial charge in [0.05, 0.1) is 32.8 Å². The molecule has 0 aliphatic rings. The number of allylic oxidation sites excluding steroid dienone is 15. The molecular formula is C83H146O17P2. The van der Waals surface area contributed by atoms with Crippen molar-refractivity contribution in [3.8, 4) is 0 Å². The van der Waals surface area contributed by atoms with Gasteiger partial charge in [-0.1, -0.05) is 330 Å². The lowest BCUT2D eigenvalue weighted by Gasteiger charge is -2.21. The van der Waals surface area contributed by atoms with E-state index in [9.17, 15) is 43.2 Å². The molecule has 0 bridgehead atoms. The van der Waals surface area contributed by atoms with E-state index >= 15 is 0 Å². The van der Waals surface area contributed by atoms with Crippen LogP contribution in [0.3, 0.4) is 0 Å². The fourth-order valence-corrected chi connectivity index (χ4v) is 12.5. The molecule has 19 heteroatoms. The Morgan fingerprint density at radius 1 is 0.294 bits per heavy atom. The number of phosphoric acid groups is 2. The van der Waals surface area contributed by atoms with E-state index in [0.29, 0.717) is 25.7 Å². The first-order valence-electron chi connectivity index (χ1n) is 40.5. The Morgan fingerprint density at radius 3 is 0.892 bits per heavy atom. The third-order valence-electron chi connectivity index (χ3n) is 17.1. The third-order valence-corrected chi connectivity index (χ3v) is 19.0. The van der Waals surface area contributed by atoms with Gasteiger partial charge in [0.1, 0.15) is 19.3 Å². The van der Waals surface area contributed by atoms with Crippen molar-refractivity contribution in [3.63, 3.8) is 0 Å². The van der Waals surface area contributed by atoms with Gasteiger partial charge in [-0.25, -0.2) is 9.13 Å². The number of esters is 4. The van der Waals surface area contributed by atoms with Crippen LogP contribution in [-0.2, 0) is 65.4 Å². The molecule has 0 aliphatic heterocycles. The Labute approximate surface area is 620 Å². The largest absolute Gasteiger partial charge is 0.472 e. The Hall–Kier alpha value is -4.02. The van der Waals surface area contributed by atoms with Gasteiger partial charge >= 0.3 is 39.5 Å². The van der Waals surface area contributed by atoms with Gasteiger partial charge in [-0.3, -0.25) is 37.3 Å². The second-order valence-corrected chi connectivity index (χ2v) is 29.9. The van der Waals surface area contributed by atoms with Crippen LogP contribution < -0.4 is 0 Å². The summed E-state index contributed by atoms with van der Waals surface area (Å²) in [5.41, 5.74) is 0. The standard InChI is InChI=1S/C83H146O17P2/c1-5-9-13-17-21-25-29-33-36-37-38-39-42-45-48-52-56-60-64-68-81(86)94-73-78(99-82(87)69-65-61-57-53-49-43-32-28-24-20-16-12-8-4)75-97-101(89,90)95-71-77(84)72-96-102(91,92)98-76-79(100-83(88)70-66-62-58-54-50-46-41-35-31-27-23-19-15-11-7-3)74-93-80(85)67-63-59-55-51-47-44-40-34-30-26-22-18-14-10-6-2/h10,14,21-22,25-26,33-34,36,38-40,47,51,59,63,77-79,84H,5-9,11-13,15-20,23-24,27-32,35,37,41-46,48-50,52-58,60-62,64-76H2,1-4H3,(H,89,90)(H,91,92)/b14-10-,25-21-,26-22-,36-33-,39-38-,40-34-,51-47-,63-59-. The van der Waals surface area contributed by atoms with Crippen LogP contribution in [0.4, 0.5) is 0 Å². The SMILES string of the molecule is CC/C=C\C/C=C\C/C=C\C/C=C\C/C=C\CC(=O)OCC(COP(=O)(O)OCC(O)COP(=O)(O)OCC(COC(=O)CCCCCCCC/C=C\C/C=C\C/C=C\CCCCC)OC(=O)CCCCCCCCCCCCCCC)OC(=O)CCCCCCCCCCCCCCCCC. The lowest BCUT2D eigenvalue weighted by Crippen LogP contribution is -2.30. The number of hydrogen-bond donors (Lipinski definition) is 3. The molecule has 0 aliphatic carbocycles. The van der Waals surface area contributed by atoms with E-state index in [-0.39, 0.29) is 25.7 Å². The Kier molecular flexibility index (Phi) is 72.3. The number of carbonyl (C=O) groups excluding carboxylic acids is 4. The van der Waals surface area contributed by atoms with Gasteiger partial charge in [-0.05, 0) is 89.9 Å². The highest BCUT2D eigenvalue weighted by molar-refractivity contribution is 7.47. The molecule has 0 aromatic rings. The first-order chi connectivity index (χ1) is 49.7. The normalized spacial score (nSPS) is 14.4. The van der Waals surface area contributed by atoms with Crippen LogP contribution in [0.25, 0.3) is 0 Å². The summed E-state index contributed by atoms with van der Waals surface area (Å²) in [6.45, 7) is 4.66. The summed E-state index contributed by atoms with van der Waals surface area (Å²) in [7, 11) is -9.97. The lowest BCUT2D eigenvalue weighted by atomic mass is 10.0. The van der Waals surface area contributed by atoms with Crippen molar-refractivity contribution < 1.29 is 80.2 Å². The molecule has 0 heterocycles. The lowest BCUT2D eigenvalue weighted by molar-refractivity contribution is -0.161. The monoisotopic (exact) mass is 1480 g/mol. The second kappa shape index (κ2) is 75.2. The quantitative estimate of drug-likeness (QED) is 0.0169. The molecule has 590 valence electrons. The molecule has 3 N–H and O–H groups in total. The maximum atomic E-state index is 13.1. The number of aliphatic hydroxyl groups excluding tert-OH is 1. The Balaban J connectivity index is 5.38. The summed E-state index contributed by atoms with van der Waals surface area (Å²) in [4.78, 5) is 72.9. The van der Waals surface area contributed by atoms with Crippen molar-refractivity contribution in [1.82, 2.24) is 0 Å². The summed E-state index contributed by atoms with van der Waals surface area (Å²) < 4.78 is 68.5. The fraction of sp³-hybridized carbons (Fsp3) is 0.759. The minimum Gasteiger partial charge on any atom is -0.462 e. The van der Waals surface area contributed by atoms with Crippen molar-refractivity contribution in [2.75, 3.05) is 39.6 Å². The first-order valence-corrected chi connectivity index (χ1v) is 43.5.